The average Bonchev–Trinajstić information content (AvgIpc) is 3.18. The first-order valence-electron chi connectivity index (χ1n) is 6.60. The summed E-state index contributed by atoms with van der Waals surface area (Å²) in [5.74, 6) is 0.889. The van der Waals surface area contributed by atoms with E-state index in [0.29, 0.717) is 0 Å². The number of nitrogens with one attached hydrogen (secondary N) is 1. The van der Waals surface area contributed by atoms with Crippen molar-refractivity contribution in [1.82, 2.24) is 30.4 Å². The number of thiophene rings is 1. The van der Waals surface area contributed by atoms with Crippen LogP contribution in [0, 0.1) is 0 Å². The minimum atomic E-state index is 0.151. The zero-order valence-corrected chi connectivity index (χ0v) is 11.8. The molecule has 1 aliphatic rings. The molecule has 2 aromatic heterocycles. The summed E-state index contributed by atoms with van der Waals surface area (Å²) >= 11 is 1.50. The molecule has 3 heterocycles. The van der Waals surface area contributed by atoms with Crippen LogP contribution in [-0.4, -0.2) is 69.1 Å². The Kier molecular flexibility index (Phi) is 4.03. The molecule has 3 rings (SSSR count). The van der Waals surface area contributed by atoms with E-state index >= 15 is 0 Å². The molecule has 0 unspecified atom stereocenters. The molecular formula is C12H16N6OS. The summed E-state index contributed by atoms with van der Waals surface area (Å²) in [5, 5.41) is 15.8. The number of carbonyl (C=O) groups excluding carboxylic acids is 1. The number of tetrazole rings is 1. The molecule has 1 N–H and O–H groups in total. The van der Waals surface area contributed by atoms with Crippen molar-refractivity contribution in [1.29, 1.82) is 0 Å². The molecule has 7 nitrogen and oxygen atoms in total. The zero-order chi connectivity index (χ0) is 13.8. The number of rotatable bonds is 4. The van der Waals surface area contributed by atoms with Gasteiger partial charge in [0.15, 0.2) is 5.82 Å². The van der Waals surface area contributed by atoms with Gasteiger partial charge in [-0.2, -0.15) is 5.21 Å². The molecule has 1 saturated heterocycles. The fourth-order valence-corrected chi connectivity index (χ4v) is 2.97. The zero-order valence-electron chi connectivity index (χ0n) is 11.0. The van der Waals surface area contributed by atoms with Crippen molar-refractivity contribution in [2.24, 2.45) is 0 Å². The number of hydrogen-bond donors (Lipinski definition) is 1. The fourth-order valence-electron chi connectivity index (χ4n) is 2.28. The summed E-state index contributed by atoms with van der Waals surface area (Å²) in [7, 11) is 0. The Balaban J connectivity index is 1.46. The number of nitrogens with zero attached hydrogens (tertiary/aromatic N) is 5. The highest BCUT2D eigenvalue weighted by Gasteiger charge is 2.22. The van der Waals surface area contributed by atoms with Crippen LogP contribution in [0.15, 0.2) is 17.5 Å². The molecule has 0 aromatic carbocycles. The molecule has 0 spiro atoms. The van der Waals surface area contributed by atoms with Crippen LogP contribution < -0.4 is 0 Å². The van der Waals surface area contributed by atoms with E-state index in [1.54, 1.807) is 0 Å². The van der Waals surface area contributed by atoms with Gasteiger partial charge in [-0.3, -0.25) is 9.69 Å². The highest BCUT2D eigenvalue weighted by atomic mass is 32.1. The highest BCUT2D eigenvalue weighted by Crippen LogP contribution is 2.13. The molecule has 0 bridgehead atoms. The van der Waals surface area contributed by atoms with Crippen molar-refractivity contribution < 1.29 is 4.79 Å². The van der Waals surface area contributed by atoms with Gasteiger partial charge in [0.2, 0.25) is 0 Å². The lowest BCUT2D eigenvalue weighted by atomic mass is 10.2. The molecule has 106 valence electrons. The van der Waals surface area contributed by atoms with E-state index in [9.17, 15) is 4.79 Å². The van der Waals surface area contributed by atoms with Gasteiger partial charge in [-0.05, 0) is 11.4 Å². The molecule has 1 aliphatic heterocycles. The summed E-state index contributed by atoms with van der Waals surface area (Å²) in [5.41, 5.74) is 0. The number of aromatic amines is 1. The molecule has 0 radical (unpaired) electrons. The average molecular weight is 292 g/mol. The summed E-state index contributed by atoms with van der Waals surface area (Å²) in [4.78, 5) is 17.3. The Morgan fingerprint density at radius 2 is 2.20 bits per heavy atom. The predicted molar refractivity (Wildman–Crippen MR) is 74.5 cm³/mol. The second kappa shape index (κ2) is 6.10. The van der Waals surface area contributed by atoms with Gasteiger partial charge in [0.25, 0.3) is 5.91 Å². The van der Waals surface area contributed by atoms with Crippen molar-refractivity contribution >= 4 is 17.2 Å². The first-order chi connectivity index (χ1) is 9.83. The van der Waals surface area contributed by atoms with Crippen molar-refractivity contribution in [2.75, 3.05) is 32.7 Å². The molecule has 1 amide bonds. The number of H-pyrrole nitrogens is 1. The third kappa shape index (κ3) is 3.02. The van der Waals surface area contributed by atoms with Crippen molar-refractivity contribution in [3.63, 3.8) is 0 Å². The lowest BCUT2D eigenvalue weighted by Crippen LogP contribution is -2.49. The van der Waals surface area contributed by atoms with Crippen LogP contribution in [0.5, 0.6) is 0 Å². The van der Waals surface area contributed by atoms with E-state index in [2.05, 4.69) is 25.5 Å². The first kappa shape index (κ1) is 13.2. The second-order valence-corrected chi connectivity index (χ2v) is 5.64. The van der Waals surface area contributed by atoms with Crippen LogP contribution in [0.1, 0.15) is 15.5 Å². The van der Waals surface area contributed by atoms with Gasteiger partial charge in [0.1, 0.15) is 0 Å². The maximum absolute atomic E-state index is 12.2. The molecule has 2 aromatic rings. The fraction of sp³-hybridized carbons (Fsp3) is 0.500. The molecule has 0 aliphatic carbocycles. The third-order valence-corrected chi connectivity index (χ3v) is 4.29. The number of hydrogen-bond acceptors (Lipinski definition) is 6. The van der Waals surface area contributed by atoms with E-state index in [1.165, 1.54) is 11.3 Å². The van der Waals surface area contributed by atoms with E-state index in [1.807, 2.05) is 22.4 Å². The van der Waals surface area contributed by atoms with Crippen molar-refractivity contribution in [3.8, 4) is 0 Å². The van der Waals surface area contributed by atoms with Gasteiger partial charge in [0, 0.05) is 39.1 Å². The van der Waals surface area contributed by atoms with Crippen LogP contribution in [0.2, 0.25) is 0 Å². The van der Waals surface area contributed by atoms with E-state index in [4.69, 9.17) is 0 Å². The number of amides is 1. The van der Waals surface area contributed by atoms with Crippen LogP contribution in [0.3, 0.4) is 0 Å². The second-order valence-electron chi connectivity index (χ2n) is 4.69. The molecule has 8 heteroatoms. The minimum Gasteiger partial charge on any atom is -0.335 e. The largest absolute Gasteiger partial charge is 0.335 e. The standard InChI is InChI=1S/C12H16N6OS/c19-12(10-2-1-9-20-10)18-7-5-17(6-8-18)4-3-11-13-15-16-14-11/h1-2,9H,3-8H2,(H,13,14,15,16). The molecule has 20 heavy (non-hydrogen) atoms. The van der Waals surface area contributed by atoms with Gasteiger partial charge in [0.05, 0.1) is 4.88 Å². The van der Waals surface area contributed by atoms with Gasteiger partial charge >= 0.3 is 0 Å². The Bertz CT molecular complexity index is 532. The monoisotopic (exact) mass is 292 g/mol. The van der Waals surface area contributed by atoms with E-state index < -0.39 is 0 Å². The van der Waals surface area contributed by atoms with Crippen molar-refractivity contribution in [2.45, 2.75) is 6.42 Å². The predicted octanol–water partition coefficient (Wildman–Crippen LogP) is 0.262. The van der Waals surface area contributed by atoms with Crippen LogP contribution >= 0.6 is 11.3 Å². The van der Waals surface area contributed by atoms with E-state index in [-0.39, 0.29) is 5.91 Å². The molecule has 1 fully saturated rings. The number of piperazine rings is 1. The van der Waals surface area contributed by atoms with Crippen LogP contribution in [-0.2, 0) is 6.42 Å². The topological polar surface area (TPSA) is 78.0 Å². The summed E-state index contributed by atoms with van der Waals surface area (Å²) in [6.07, 6.45) is 0.787. The van der Waals surface area contributed by atoms with Crippen LogP contribution in [0.25, 0.3) is 0 Å². The summed E-state index contributed by atoms with van der Waals surface area (Å²) in [6, 6.07) is 3.80. The summed E-state index contributed by atoms with van der Waals surface area (Å²) in [6.45, 7) is 4.26. The normalized spacial score (nSPS) is 16.5. The quantitative estimate of drug-likeness (QED) is 0.874. The Morgan fingerprint density at radius 3 is 2.85 bits per heavy atom. The van der Waals surface area contributed by atoms with Crippen molar-refractivity contribution in [3.05, 3.63) is 28.2 Å². The highest BCUT2D eigenvalue weighted by molar-refractivity contribution is 7.12. The lowest BCUT2D eigenvalue weighted by molar-refractivity contribution is 0.0642. The third-order valence-electron chi connectivity index (χ3n) is 3.43. The Morgan fingerprint density at radius 1 is 1.35 bits per heavy atom. The summed E-state index contributed by atoms with van der Waals surface area (Å²) < 4.78 is 0. The molecule has 0 saturated carbocycles. The van der Waals surface area contributed by atoms with Crippen LogP contribution in [0.4, 0.5) is 0 Å². The Hall–Kier alpha value is -1.80. The minimum absolute atomic E-state index is 0.151. The Labute approximate surface area is 120 Å². The van der Waals surface area contributed by atoms with Gasteiger partial charge in [-0.15, -0.1) is 21.5 Å². The van der Waals surface area contributed by atoms with Gasteiger partial charge < -0.3 is 4.90 Å². The maximum atomic E-state index is 12.2. The van der Waals surface area contributed by atoms with Gasteiger partial charge in [-0.1, -0.05) is 11.3 Å². The maximum Gasteiger partial charge on any atom is 0.264 e. The van der Waals surface area contributed by atoms with Gasteiger partial charge in [-0.25, -0.2) is 0 Å². The van der Waals surface area contributed by atoms with E-state index in [0.717, 1.165) is 49.8 Å². The SMILES string of the molecule is O=C(c1cccs1)N1CCN(CCc2nn[nH]n2)CC1. The lowest BCUT2D eigenvalue weighted by Gasteiger charge is -2.34. The number of carbonyl (C=O) groups is 1. The first-order valence-corrected chi connectivity index (χ1v) is 7.48. The molecular weight excluding hydrogens is 276 g/mol. The number of aromatic nitrogens is 4. The molecule has 0 atom stereocenters. The smallest absolute Gasteiger partial charge is 0.264 e.